The molecule has 0 unspecified atom stereocenters. The Kier molecular flexibility index (Phi) is 3.98. The lowest BCUT2D eigenvalue weighted by molar-refractivity contribution is 0.0690. The highest BCUT2D eigenvalue weighted by molar-refractivity contribution is 5.87. The minimum atomic E-state index is -1.03. The minimum absolute atomic E-state index is 0.0418. The van der Waals surface area contributed by atoms with Gasteiger partial charge in [0.1, 0.15) is 0 Å². The zero-order chi connectivity index (χ0) is 16.4. The van der Waals surface area contributed by atoms with E-state index in [1.54, 1.807) is 10.7 Å². The van der Waals surface area contributed by atoms with Gasteiger partial charge < -0.3 is 5.11 Å². The second kappa shape index (κ2) is 6.08. The van der Waals surface area contributed by atoms with Crippen LogP contribution < -0.4 is 0 Å². The fraction of sp³-hybridized carbons (Fsp3) is 0.158. The quantitative estimate of drug-likeness (QED) is 0.789. The van der Waals surface area contributed by atoms with Gasteiger partial charge in [0.15, 0.2) is 5.69 Å². The van der Waals surface area contributed by atoms with Crippen LogP contribution in [0.3, 0.4) is 0 Å². The number of aryl methyl sites for hydroxylation is 2. The third-order valence-electron chi connectivity index (χ3n) is 3.86. The molecule has 0 bridgehead atoms. The van der Waals surface area contributed by atoms with Gasteiger partial charge >= 0.3 is 5.97 Å². The topological polar surface area (TPSA) is 55.1 Å². The number of aromatic nitrogens is 2. The van der Waals surface area contributed by atoms with Crippen molar-refractivity contribution >= 4 is 5.97 Å². The van der Waals surface area contributed by atoms with E-state index in [4.69, 9.17) is 0 Å². The lowest BCUT2D eigenvalue weighted by atomic mass is 10.1. The Hall–Kier alpha value is -2.88. The van der Waals surface area contributed by atoms with Crippen molar-refractivity contribution in [3.8, 4) is 16.9 Å². The summed E-state index contributed by atoms with van der Waals surface area (Å²) < 4.78 is 1.68. The molecular weight excluding hydrogens is 288 g/mol. The smallest absolute Gasteiger partial charge is 0.356 e. The normalized spacial score (nSPS) is 10.7. The highest BCUT2D eigenvalue weighted by atomic mass is 16.4. The van der Waals surface area contributed by atoms with E-state index in [0.29, 0.717) is 0 Å². The number of carboxylic acids is 1. The summed E-state index contributed by atoms with van der Waals surface area (Å²) >= 11 is 0. The molecule has 0 saturated carbocycles. The lowest BCUT2D eigenvalue weighted by Crippen LogP contribution is -2.02. The molecule has 4 nitrogen and oxygen atoms in total. The van der Waals surface area contributed by atoms with Gasteiger partial charge in [-0.25, -0.2) is 9.48 Å². The van der Waals surface area contributed by atoms with Crippen LogP contribution in [0.5, 0.6) is 0 Å². The molecule has 3 rings (SSSR count). The van der Waals surface area contributed by atoms with Crippen LogP contribution in [-0.2, 0) is 6.42 Å². The Balaban J connectivity index is 2.13. The predicted octanol–water partition coefficient (Wildman–Crippen LogP) is 4.11. The molecule has 0 saturated heterocycles. The van der Waals surface area contributed by atoms with Crippen LogP contribution >= 0.6 is 0 Å². The summed E-state index contributed by atoms with van der Waals surface area (Å²) in [7, 11) is 0. The van der Waals surface area contributed by atoms with Gasteiger partial charge in [-0.15, -0.1) is 0 Å². The van der Waals surface area contributed by atoms with Gasteiger partial charge in [-0.3, -0.25) is 0 Å². The van der Waals surface area contributed by atoms with Crippen LogP contribution in [0.2, 0.25) is 0 Å². The summed E-state index contributed by atoms with van der Waals surface area (Å²) in [6.07, 6.45) is 0.970. The van der Waals surface area contributed by atoms with Crippen molar-refractivity contribution in [2.24, 2.45) is 0 Å². The van der Waals surface area contributed by atoms with Gasteiger partial charge in [0.2, 0.25) is 0 Å². The lowest BCUT2D eigenvalue weighted by Gasteiger charge is -2.08. The van der Waals surface area contributed by atoms with E-state index in [1.165, 1.54) is 5.56 Å². The maximum absolute atomic E-state index is 11.3. The third-order valence-corrected chi connectivity index (χ3v) is 3.86. The van der Waals surface area contributed by atoms with E-state index in [1.807, 2.05) is 43.3 Å². The van der Waals surface area contributed by atoms with Crippen molar-refractivity contribution in [1.82, 2.24) is 9.78 Å². The number of aromatic carboxylic acids is 1. The van der Waals surface area contributed by atoms with Crippen LogP contribution in [0.15, 0.2) is 54.6 Å². The number of hydrogen-bond donors (Lipinski definition) is 1. The van der Waals surface area contributed by atoms with Crippen LogP contribution in [0.4, 0.5) is 0 Å². The van der Waals surface area contributed by atoms with Gasteiger partial charge in [0.05, 0.1) is 11.4 Å². The molecule has 4 heteroatoms. The number of nitrogens with zero attached hydrogens (tertiary/aromatic N) is 2. The van der Waals surface area contributed by atoms with Crippen molar-refractivity contribution in [3.63, 3.8) is 0 Å². The Labute approximate surface area is 135 Å². The minimum Gasteiger partial charge on any atom is -0.476 e. The Bertz CT molecular complexity index is 831. The van der Waals surface area contributed by atoms with E-state index in [-0.39, 0.29) is 5.69 Å². The first-order valence-electron chi connectivity index (χ1n) is 7.58. The van der Waals surface area contributed by atoms with Gasteiger partial charge in [0, 0.05) is 5.56 Å². The number of rotatable bonds is 4. The summed E-state index contributed by atoms with van der Waals surface area (Å²) in [6, 6.07) is 17.6. The SMILES string of the molecule is CCc1ccc(-c2cc(C(=O)O)nn2-c2ccc(C)cc2)cc1. The summed E-state index contributed by atoms with van der Waals surface area (Å²) in [5.41, 5.74) is 5.00. The van der Waals surface area contributed by atoms with Crippen molar-refractivity contribution in [2.45, 2.75) is 20.3 Å². The van der Waals surface area contributed by atoms with E-state index < -0.39 is 5.97 Å². The molecule has 23 heavy (non-hydrogen) atoms. The zero-order valence-corrected chi connectivity index (χ0v) is 13.2. The molecule has 1 aromatic heterocycles. The number of carbonyl (C=O) groups is 1. The number of carboxylic acid groups (broad SMARTS) is 1. The second-order valence-electron chi connectivity index (χ2n) is 5.52. The number of hydrogen-bond acceptors (Lipinski definition) is 2. The molecule has 1 N–H and O–H groups in total. The van der Waals surface area contributed by atoms with Gasteiger partial charge in [-0.1, -0.05) is 48.9 Å². The molecule has 0 atom stereocenters. The van der Waals surface area contributed by atoms with E-state index >= 15 is 0 Å². The molecule has 0 amide bonds. The average molecular weight is 306 g/mol. The van der Waals surface area contributed by atoms with Crippen LogP contribution in [-0.4, -0.2) is 20.9 Å². The molecule has 2 aromatic carbocycles. The van der Waals surface area contributed by atoms with E-state index in [9.17, 15) is 9.90 Å². The summed E-state index contributed by atoms with van der Waals surface area (Å²) in [6.45, 7) is 4.12. The molecular formula is C19H18N2O2. The van der Waals surface area contributed by atoms with Crippen molar-refractivity contribution in [1.29, 1.82) is 0 Å². The number of benzene rings is 2. The first-order chi connectivity index (χ1) is 11.1. The van der Waals surface area contributed by atoms with E-state index in [2.05, 4.69) is 24.2 Å². The molecule has 0 spiro atoms. The molecule has 0 aliphatic heterocycles. The molecule has 0 aliphatic rings. The van der Waals surface area contributed by atoms with Gasteiger partial charge in [0.25, 0.3) is 0 Å². The maximum atomic E-state index is 11.3. The fourth-order valence-corrected chi connectivity index (χ4v) is 2.49. The highest BCUT2D eigenvalue weighted by Gasteiger charge is 2.15. The summed E-state index contributed by atoms with van der Waals surface area (Å²) in [4.78, 5) is 11.3. The monoisotopic (exact) mass is 306 g/mol. The summed E-state index contributed by atoms with van der Waals surface area (Å²) in [5, 5.41) is 13.5. The first-order valence-corrected chi connectivity index (χ1v) is 7.58. The standard InChI is InChI=1S/C19H18N2O2/c1-3-14-6-8-15(9-7-14)18-12-17(19(22)23)20-21(18)16-10-4-13(2)5-11-16/h4-12H,3H2,1-2H3,(H,22,23). The van der Waals surface area contributed by atoms with Crippen molar-refractivity contribution < 1.29 is 9.90 Å². The first kappa shape index (κ1) is 15.0. The third kappa shape index (κ3) is 3.01. The van der Waals surface area contributed by atoms with Gasteiger partial charge in [-0.2, -0.15) is 5.10 Å². The van der Waals surface area contributed by atoms with Gasteiger partial charge in [-0.05, 0) is 37.1 Å². The average Bonchev–Trinajstić information content (AvgIpc) is 3.01. The second-order valence-corrected chi connectivity index (χ2v) is 5.52. The highest BCUT2D eigenvalue weighted by Crippen LogP contribution is 2.25. The molecule has 0 aliphatic carbocycles. The predicted molar refractivity (Wildman–Crippen MR) is 90.1 cm³/mol. The Morgan fingerprint density at radius 3 is 2.30 bits per heavy atom. The van der Waals surface area contributed by atoms with Crippen LogP contribution in [0.1, 0.15) is 28.5 Å². The van der Waals surface area contributed by atoms with Crippen LogP contribution in [0, 0.1) is 6.92 Å². The molecule has 116 valence electrons. The van der Waals surface area contributed by atoms with Crippen LogP contribution in [0.25, 0.3) is 16.9 Å². The molecule has 3 aromatic rings. The van der Waals surface area contributed by atoms with E-state index in [0.717, 1.165) is 28.9 Å². The Morgan fingerprint density at radius 2 is 1.74 bits per heavy atom. The summed E-state index contributed by atoms with van der Waals surface area (Å²) in [5.74, 6) is -1.03. The van der Waals surface area contributed by atoms with Crippen molar-refractivity contribution in [3.05, 3.63) is 71.4 Å². The molecule has 0 fully saturated rings. The largest absolute Gasteiger partial charge is 0.476 e. The maximum Gasteiger partial charge on any atom is 0.356 e. The van der Waals surface area contributed by atoms with Crippen molar-refractivity contribution in [2.75, 3.05) is 0 Å². The molecule has 1 heterocycles. The zero-order valence-electron chi connectivity index (χ0n) is 13.2. The molecule has 0 radical (unpaired) electrons. The fourth-order valence-electron chi connectivity index (χ4n) is 2.49. The Morgan fingerprint density at radius 1 is 1.09 bits per heavy atom.